The van der Waals surface area contributed by atoms with E-state index in [2.05, 4.69) is 346 Å². The molecule has 0 amide bonds. The molecule has 0 fully saturated rings. The fourth-order valence-electron chi connectivity index (χ4n) is 20.4. The highest BCUT2D eigenvalue weighted by atomic mass is 16.5. The first-order chi connectivity index (χ1) is 63.4. The van der Waals surface area contributed by atoms with Crippen molar-refractivity contribution in [3.8, 4) is 158 Å². The van der Waals surface area contributed by atoms with E-state index in [0.717, 1.165) is 178 Å². The van der Waals surface area contributed by atoms with Crippen molar-refractivity contribution in [3.05, 3.63) is 487 Å². The highest BCUT2D eigenvalue weighted by Gasteiger charge is 2.53. The lowest BCUT2D eigenvalue weighted by molar-refractivity contribution is 0.441. The number of aromatic nitrogens is 7. The van der Waals surface area contributed by atoms with Crippen molar-refractivity contribution in [2.24, 2.45) is 0 Å². The number of rotatable bonds is 10. The molecule has 0 N–H and O–H groups in total. The van der Waals surface area contributed by atoms with Crippen LogP contribution in [-0.4, -0.2) is 34.9 Å². The Kier molecular flexibility index (Phi) is 17.2. The Morgan fingerprint density at radius 3 is 0.812 bits per heavy atom. The van der Waals surface area contributed by atoms with Gasteiger partial charge in [0.1, 0.15) is 23.0 Å². The molecule has 0 saturated heterocycles. The van der Waals surface area contributed by atoms with Crippen LogP contribution in [0.2, 0.25) is 0 Å². The third kappa shape index (κ3) is 11.7. The van der Waals surface area contributed by atoms with E-state index >= 15 is 0 Å². The number of fused-ring (bicyclic) bond motifs is 26. The van der Waals surface area contributed by atoms with Crippen LogP contribution in [0.1, 0.15) is 44.5 Å². The van der Waals surface area contributed by atoms with E-state index in [1.54, 1.807) is 0 Å². The lowest BCUT2D eigenvalue weighted by Crippen LogP contribution is -2.32. The summed E-state index contributed by atoms with van der Waals surface area (Å²) in [4.78, 5) is 35.9. The molecule has 2 aliphatic heterocycles. The molecule has 2 spiro atoms. The smallest absolute Gasteiger partial charge is 0.164 e. The molecule has 596 valence electrons. The monoisotopic (exact) mass is 1630 g/mol. The third-order valence-electron chi connectivity index (χ3n) is 26.2. The third-order valence-corrected chi connectivity index (χ3v) is 26.2. The van der Waals surface area contributed by atoms with Gasteiger partial charge in [0.2, 0.25) is 0 Å². The van der Waals surface area contributed by atoms with Crippen molar-refractivity contribution < 1.29 is 9.47 Å². The second-order valence-corrected chi connectivity index (χ2v) is 33.1. The standard InChI is InChI=1S/C60H37N3O.C59H36N4O/c1-4-16-39(17-5-1)53-37-54(63-59(62-53)42-20-8-3-9-21-42)40-30-28-38(29-31-40)43-32-35-52-47(36-43)46-33-34-51-58(56(46)57(61-52)41-18-6-2-7-19-41)64-55-27-15-14-26-50(55)60(51)48-24-12-10-22-44(48)45-23-11-13-25-49(45)60;1-4-16-38(17-5-1)54-53-45(33-34-50-55(53)64-52-27-15-14-26-49(52)59(50)47-24-12-10-22-43(47)44-23-11-13-25-48(44)59)46-36-42(32-35-51(46)60-54)37-28-30-41(31-29-37)58-62-56(39-18-6-2-7-19-39)61-57(63-58)40-20-8-3-9-21-40/h1-37H;1-36H. The lowest BCUT2D eigenvalue weighted by Gasteiger charge is -2.40. The van der Waals surface area contributed by atoms with Gasteiger partial charge in [0, 0.05) is 77.5 Å². The highest BCUT2D eigenvalue weighted by molar-refractivity contribution is 6.17. The first kappa shape index (κ1) is 73.7. The van der Waals surface area contributed by atoms with Crippen LogP contribution in [0, 0.1) is 0 Å². The van der Waals surface area contributed by atoms with Gasteiger partial charge in [0.25, 0.3) is 0 Å². The van der Waals surface area contributed by atoms with Gasteiger partial charge in [0.05, 0.1) is 55.4 Å². The van der Waals surface area contributed by atoms with E-state index in [9.17, 15) is 0 Å². The minimum Gasteiger partial charge on any atom is -0.456 e. The Bertz CT molecular complexity index is 7530. The average Bonchev–Trinajstić information content (AvgIpc) is 1.38. The van der Waals surface area contributed by atoms with Crippen molar-refractivity contribution in [2.75, 3.05) is 0 Å². The maximum absolute atomic E-state index is 7.21. The van der Waals surface area contributed by atoms with E-state index in [0.29, 0.717) is 23.3 Å². The summed E-state index contributed by atoms with van der Waals surface area (Å²) in [6.45, 7) is 0. The summed E-state index contributed by atoms with van der Waals surface area (Å²) in [6.07, 6.45) is 0. The average molecular weight is 1630 g/mol. The maximum Gasteiger partial charge on any atom is 0.164 e. The summed E-state index contributed by atoms with van der Waals surface area (Å²) in [5.74, 6) is 6.00. The van der Waals surface area contributed by atoms with Crippen LogP contribution < -0.4 is 9.47 Å². The Morgan fingerprint density at radius 2 is 0.445 bits per heavy atom. The molecule has 128 heavy (non-hydrogen) atoms. The van der Waals surface area contributed by atoms with E-state index in [1.807, 2.05) is 97.1 Å². The number of pyridine rings is 2. The molecule has 0 radical (unpaired) electrons. The zero-order valence-electron chi connectivity index (χ0n) is 69.1. The molecule has 0 atom stereocenters. The van der Waals surface area contributed by atoms with Crippen molar-refractivity contribution >= 4 is 43.4 Å². The van der Waals surface area contributed by atoms with Crippen LogP contribution in [0.4, 0.5) is 0 Å². The van der Waals surface area contributed by atoms with Crippen molar-refractivity contribution in [3.63, 3.8) is 0 Å². The molecule has 22 aromatic rings. The van der Waals surface area contributed by atoms with Gasteiger partial charge in [-0.15, -0.1) is 0 Å². The van der Waals surface area contributed by atoms with E-state index in [1.165, 1.54) is 44.5 Å². The Labute approximate surface area is 739 Å². The van der Waals surface area contributed by atoms with Gasteiger partial charge in [-0.1, -0.05) is 400 Å². The van der Waals surface area contributed by atoms with Crippen LogP contribution >= 0.6 is 0 Å². The number of nitrogens with zero attached hydrogens (tertiary/aromatic N) is 7. The molecule has 0 saturated carbocycles. The second-order valence-electron chi connectivity index (χ2n) is 33.1. The van der Waals surface area contributed by atoms with Gasteiger partial charge >= 0.3 is 0 Å². The topological polar surface area (TPSA) is 109 Å². The molecule has 0 unspecified atom stereocenters. The summed E-state index contributed by atoms with van der Waals surface area (Å²) >= 11 is 0. The summed E-state index contributed by atoms with van der Waals surface area (Å²) in [5.41, 5.74) is 31.1. The zero-order valence-corrected chi connectivity index (χ0v) is 69.1. The lowest BCUT2D eigenvalue weighted by atomic mass is 9.65. The molecule has 4 aliphatic rings. The summed E-state index contributed by atoms with van der Waals surface area (Å²) in [7, 11) is 0. The molecule has 6 heterocycles. The zero-order chi connectivity index (χ0) is 84.4. The molecule has 0 bridgehead atoms. The predicted octanol–water partition coefficient (Wildman–Crippen LogP) is 29.4. The van der Waals surface area contributed by atoms with Crippen LogP contribution in [0.3, 0.4) is 0 Å². The van der Waals surface area contributed by atoms with Crippen LogP contribution in [0.15, 0.2) is 443 Å². The quantitative estimate of drug-likeness (QED) is 0.124. The number of para-hydroxylation sites is 2. The van der Waals surface area contributed by atoms with Crippen molar-refractivity contribution in [2.45, 2.75) is 10.8 Å². The van der Waals surface area contributed by atoms with Gasteiger partial charge in [-0.2, -0.15) is 0 Å². The second kappa shape index (κ2) is 29.9. The van der Waals surface area contributed by atoms with Crippen molar-refractivity contribution in [1.82, 2.24) is 34.9 Å². The Morgan fingerprint density at radius 1 is 0.172 bits per heavy atom. The Balaban J connectivity index is 0.000000139. The minimum absolute atomic E-state index is 0.578. The minimum atomic E-state index is -0.583. The molecule has 2 aliphatic carbocycles. The largest absolute Gasteiger partial charge is 0.456 e. The van der Waals surface area contributed by atoms with Gasteiger partial charge in [-0.3, -0.25) is 0 Å². The molecule has 4 aromatic heterocycles. The molecule has 18 aromatic carbocycles. The normalized spacial score (nSPS) is 12.9. The SMILES string of the molecule is c1ccc(-c2cc(-c3ccc(-c4ccc5nc(-c6ccccc6)c6c7c(ccc6c5c4)C4(c5ccccc5O7)c5ccccc5-c5ccccc54)cc3)nc(-c3ccccc3)n2)cc1.c1ccc(-c2nc(-c3ccccc3)nc(-c3ccc(-c4ccc5nc(-c6ccccc6)c6c7c(ccc6c5c4)C4(c5ccccc5O7)c5ccccc5-c5ccccc54)cc3)n2)cc1. The first-order valence-corrected chi connectivity index (χ1v) is 43.4. The van der Waals surface area contributed by atoms with E-state index < -0.39 is 10.8 Å². The number of hydrogen-bond acceptors (Lipinski definition) is 9. The van der Waals surface area contributed by atoms with Crippen LogP contribution in [-0.2, 0) is 10.8 Å². The van der Waals surface area contributed by atoms with E-state index in [4.69, 9.17) is 44.4 Å². The molecule has 26 rings (SSSR count). The van der Waals surface area contributed by atoms with Gasteiger partial charge < -0.3 is 9.47 Å². The molecule has 9 nitrogen and oxygen atoms in total. The van der Waals surface area contributed by atoms with Gasteiger partial charge in [0.15, 0.2) is 23.3 Å². The fourth-order valence-corrected chi connectivity index (χ4v) is 20.4. The molecular weight excluding hydrogens is 1560 g/mol. The van der Waals surface area contributed by atoms with Gasteiger partial charge in [-0.05, 0) is 120 Å². The predicted molar refractivity (Wildman–Crippen MR) is 517 cm³/mol. The number of benzene rings is 18. The summed E-state index contributed by atoms with van der Waals surface area (Å²) in [5, 5.41) is 6.31. The molecular formula is C119H73N7O2. The maximum atomic E-state index is 7.21. The Hall–Kier alpha value is -17.0. The first-order valence-electron chi connectivity index (χ1n) is 43.4. The molecule has 9 heteroatoms. The number of hydrogen-bond donors (Lipinski definition) is 0. The van der Waals surface area contributed by atoms with Gasteiger partial charge in [-0.25, -0.2) is 34.9 Å². The van der Waals surface area contributed by atoms with Crippen LogP contribution in [0.25, 0.3) is 178 Å². The summed E-state index contributed by atoms with van der Waals surface area (Å²) < 4.78 is 14.4. The fraction of sp³-hybridized carbons (Fsp3) is 0.0168. The number of ether oxygens (including phenoxy) is 2. The van der Waals surface area contributed by atoms with Crippen molar-refractivity contribution in [1.29, 1.82) is 0 Å². The van der Waals surface area contributed by atoms with Crippen LogP contribution in [0.5, 0.6) is 23.0 Å². The summed E-state index contributed by atoms with van der Waals surface area (Å²) in [6, 6.07) is 156. The van der Waals surface area contributed by atoms with E-state index in [-0.39, 0.29) is 0 Å². The highest BCUT2D eigenvalue weighted by Crippen LogP contribution is 2.66.